The maximum absolute atomic E-state index is 15.1. The summed E-state index contributed by atoms with van der Waals surface area (Å²) in [6.07, 6.45) is -9.70. The fraction of sp³-hybridized carbons (Fsp3) is 0.727. The van der Waals surface area contributed by atoms with Crippen molar-refractivity contribution in [2.45, 2.75) is 94.6 Å². The summed E-state index contributed by atoms with van der Waals surface area (Å²) in [5, 5.41) is 0. The number of hydrogen-bond donors (Lipinski definition) is 0. The maximum Gasteiger partial charge on any atom is 0.457 e. The van der Waals surface area contributed by atoms with Crippen molar-refractivity contribution in [3.05, 3.63) is 34.4 Å². The fourth-order valence-electron chi connectivity index (χ4n) is 4.12. The molecule has 0 amide bonds. The Kier molecular flexibility index (Phi) is 7.11. The Labute approximate surface area is 192 Å². The molecule has 0 aromatic rings. The van der Waals surface area contributed by atoms with Gasteiger partial charge in [-0.15, -0.1) is 0 Å². The van der Waals surface area contributed by atoms with E-state index in [0.717, 1.165) is 0 Å². The van der Waals surface area contributed by atoms with E-state index in [1.165, 1.54) is 0 Å². The lowest BCUT2D eigenvalue weighted by Gasteiger charge is -2.40. The van der Waals surface area contributed by atoms with Crippen LogP contribution in [0.4, 0.5) is 57.1 Å². The third kappa shape index (κ3) is 4.18. The molecule has 0 nitrogen and oxygen atoms in total. The summed E-state index contributed by atoms with van der Waals surface area (Å²) in [7, 11) is 0. The van der Waals surface area contributed by atoms with Crippen LogP contribution in [0.15, 0.2) is 34.4 Å². The van der Waals surface area contributed by atoms with E-state index in [1.807, 2.05) is 0 Å². The van der Waals surface area contributed by atoms with Gasteiger partial charge in [-0.25, -0.2) is 8.78 Å². The molecule has 0 bridgehead atoms. The topological polar surface area (TPSA) is 0 Å². The first kappa shape index (κ1) is 29.5. The summed E-state index contributed by atoms with van der Waals surface area (Å²) >= 11 is 0. The average molecular weight is 534 g/mol. The normalized spacial score (nSPS) is 22.8. The lowest BCUT2D eigenvalue weighted by Crippen LogP contribution is -2.63. The molecule has 2 rings (SSSR count). The predicted molar refractivity (Wildman–Crippen MR) is 101 cm³/mol. The third-order valence-electron chi connectivity index (χ3n) is 6.73. The van der Waals surface area contributed by atoms with Crippen molar-refractivity contribution in [3.63, 3.8) is 0 Å². The first-order chi connectivity index (χ1) is 15.4. The van der Waals surface area contributed by atoms with E-state index in [0.29, 0.717) is 26.8 Å². The highest BCUT2D eigenvalue weighted by atomic mass is 19.4. The second-order valence-corrected chi connectivity index (χ2v) is 9.14. The highest BCUT2D eigenvalue weighted by molar-refractivity contribution is 5.49. The monoisotopic (exact) mass is 534 g/mol. The van der Waals surface area contributed by atoms with E-state index in [2.05, 4.69) is 0 Å². The minimum atomic E-state index is -6.73. The Hall–Kier alpha value is -1.69. The van der Waals surface area contributed by atoms with E-state index in [1.54, 1.807) is 0 Å². The van der Waals surface area contributed by atoms with Crippen LogP contribution >= 0.6 is 0 Å². The smallest absolute Gasteiger partial charge is 0.237 e. The van der Waals surface area contributed by atoms with Gasteiger partial charge in [-0.1, -0.05) is 18.6 Å². The van der Waals surface area contributed by atoms with Gasteiger partial charge in [0.15, 0.2) is 5.67 Å². The second-order valence-electron chi connectivity index (χ2n) is 9.14. The Bertz CT molecular complexity index is 929. The van der Waals surface area contributed by atoms with Crippen LogP contribution in [0, 0.1) is 5.92 Å². The Morgan fingerprint density at radius 1 is 0.771 bits per heavy atom. The lowest BCUT2D eigenvalue weighted by molar-refractivity contribution is -0.356. The van der Waals surface area contributed by atoms with Gasteiger partial charge in [-0.05, 0) is 64.0 Å². The Balaban J connectivity index is 2.62. The zero-order valence-electron chi connectivity index (χ0n) is 19.0. The summed E-state index contributed by atoms with van der Waals surface area (Å²) in [5.41, 5.74) is -14.6. The van der Waals surface area contributed by atoms with E-state index in [4.69, 9.17) is 0 Å². The van der Waals surface area contributed by atoms with Crippen molar-refractivity contribution >= 4 is 0 Å². The summed E-state index contributed by atoms with van der Waals surface area (Å²) in [6.45, 7) is 1.89. The van der Waals surface area contributed by atoms with Crippen molar-refractivity contribution in [2.75, 3.05) is 0 Å². The molecule has 0 heterocycles. The highest BCUT2D eigenvalue weighted by Gasteiger charge is 2.79. The molecule has 13 heteroatoms. The van der Waals surface area contributed by atoms with E-state index in [-0.39, 0.29) is 25.8 Å². The number of rotatable bonds is 8. The van der Waals surface area contributed by atoms with Crippen LogP contribution < -0.4 is 0 Å². The molecule has 1 fully saturated rings. The molecule has 2 unspecified atom stereocenters. The molecular weight excluding hydrogens is 511 g/mol. The molecule has 2 aliphatic carbocycles. The van der Waals surface area contributed by atoms with Gasteiger partial charge < -0.3 is 0 Å². The summed E-state index contributed by atoms with van der Waals surface area (Å²) in [6, 6.07) is 0. The molecule has 0 saturated heterocycles. The van der Waals surface area contributed by atoms with E-state index in [9.17, 15) is 48.3 Å². The minimum Gasteiger partial charge on any atom is -0.237 e. The van der Waals surface area contributed by atoms with Gasteiger partial charge in [0.2, 0.25) is 5.67 Å². The summed E-state index contributed by atoms with van der Waals surface area (Å²) < 4.78 is 185. The van der Waals surface area contributed by atoms with Gasteiger partial charge in [0.1, 0.15) is 0 Å². The van der Waals surface area contributed by atoms with Gasteiger partial charge in [-0.3, -0.25) is 0 Å². The van der Waals surface area contributed by atoms with Crippen LogP contribution in [0.2, 0.25) is 0 Å². The molecule has 0 radical (unpaired) electrons. The third-order valence-corrected chi connectivity index (χ3v) is 6.73. The van der Waals surface area contributed by atoms with Crippen LogP contribution in [0.1, 0.15) is 53.4 Å². The summed E-state index contributed by atoms with van der Waals surface area (Å²) in [4.78, 5) is 0. The van der Waals surface area contributed by atoms with Crippen LogP contribution in [0.25, 0.3) is 0 Å². The van der Waals surface area contributed by atoms with Gasteiger partial charge in [0, 0.05) is 11.1 Å². The van der Waals surface area contributed by atoms with Crippen LogP contribution in [-0.4, -0.2) is 41.2 Å². The molecule has 2 aliphatic rings. The summed E-state index contributed by atoms with van der Waals surface area (Å²) in [5.74, 6) is -24.2. The Morgan fingerprint density at radius 2 is 1.26 bits per heavy atom. The van der Waals surface area contributed by atoms with E-state index < -0.39 is 82.3 Å². The van der Waals surface area contributed by atoms with Crippen molar-refractivity contribution in [2.24, 2.45) is 5.92 Å². The molecule has 1 saturated carbocycles. The minimum absolute atomic E-state index is 0.0265. The molecule has 202 valence electrons. The maximum atomic E-state index is 15.1. The van der Waals surface area contributed by atoms with Crippen LogP contribution in [0.5, 0.6) is 0 Å². The second kappa shape index (κ2) is 8.43. The zero-order chi connectivity index (χ0) is 27.6. The van der Waals surface area contributed by atoms with Crippen LogP contribution in [-0.2, 0) is 0 Å². The number of alkyl halides is 13. The molecule has 0 aromatic carbocycles. The van der Waals surface area contributed by atoms with Gasteiger partial charge in [0.25, 0.3) is 0 Å². The predicted octanol–water partition coefficient (Wildman–Crippen LogP) is 8.94. The standard InChI is InChI=1S/C22H23F13/c1-5-17(24,21(31,32)22(33,34)35)18(25,26)15-10-12(3)14(9-6-11(15)2)19(27,28)20(29,30)16(4,23)13-7-8-13/h9-10,13H,5-8H2,1-4H3. The lowest BCUT2D eigenvalue weighted by atomic mass is 9.80. The molecule has 0 spiro atoms. The number of allylic oxidation sites excluding steroid dienone is 6. The van der Waals surface area contributed by atoms with Crippen molar-refractivity contribution in [3.8, 4) is 0 Å². The first-order valence-electron chi connectivity index (χ1n) is 10.5. The van der Waals surface area contributed by atoms with Crippen molar-refractivity contribution in [1.29, 1.82) is 0 Å². The largest absolute Gasteiger partial charge is 0.457 e. The first-order valence-corrected chi connectivity index (χ1v) is 10.5. The quantitative estimate of drug-likeness (QED) is 0.273. The van der Waals surface area contributed by atoms with Crippen molar-refractivity contribution < 1.29 is 57.1 Å². The van der Waals surface area contributed by atoms with Crippen molar-refractivity contribution in [1.82, 2.24) is 0 Å². The highest BCUT2D eigenvalue weighted by Crippen LogP contribution is 2.59. The number of hydrogen-bond acceptors (Lipinski definition) is 0. The molecule has 35 heavy (non-hydrogen) atoms. The van der Waals surface area contributed by atoms with Gasteiger partial charge in [-0.2, -0.15) is 48.3 Å². The molecular formula is C22H23F13. The average Bonchev–Trinajstić information content (AvgIpc) is 3.55. The van der Waals surface area contributed by atoms with Gasteiger partial charge >= 0.3 is 29.9 Å². The van der Waals surface area contributed by atoms with Crippen LogP contribution in [0.3, 0.4) is 0 Å². The molecule has 0 N–H and O–H groups in total. The molecule has 0 aromatic heterocycles. The SMILES string of the molecule is CCC(F)(C(F)(F)C1=C(C)CC=C(C(F)(F)C(F)(F)C(C)(F)C2CC2)C(C)=C1)C(F)(F)C(F)(F)F. The fourth-order valence-corrected chi connectivity index (χ4v) is 4.12. The zero-order valence-corrected chi connectivity index (χ0v) is 19.0. The Morgan fingerprint density at radius 3 is 1.66 bits per heavy atom. The number of halogens is 13. The van der Waals surface area contributed by atoms with E-state index >= 15 is 8.78 Å². The molecule has 2 atom stereocenters. The molecule has 0 aliphatic heterocycles. The van der Waals surface area contributed by atoms with Gasteiger partial charge in [0.05, 0.1) is 0 Å².